The maximum absolute atomic E-state index is 10.6. The van der Waals surface area contributed by atoms with E-state index in [4.69, 9.17) is 4.74 Å². The summed E-state index contributed by atoms with van der Waals surface area (Å²) in [7, 11) is 0. The predicted octanol–water partition coefficient (Wildman–Crippen LogP) is 2.63. The first-order valence-corrected chi connectivity index (χ1v) is 7.59. The van der Waals surface area contributed by atoms with Crippen LogP contribution in [0.3, 0.4) is 0 Å². The molecule has 2 unspecified atom stereocenters. The number of piperidine rings is 1. The van der Waals surface area contributed by atoms with Gasteiger partial charge in [-0.3, -0.25) is 4.90 Å². The van der Waals surface area contributed by atoms with Gasteiger partial charge in [0.15, 0.2) is 0 Å². The highest BCUT2D eigenvalue weighted by atomic mass is 16.5. The van der Waals surface area contributed by atoms with Crippen molar-refractivity contribution >= 4 is 0 Å². The molecule has 0 spiro atoms. The normalized spacial score (nSPS) is 33.8. The molecule has 0 bridgehead atoms. The number of rotatable bonds is 3. The summed E-state index contributed by atoms with van der Waals surface area (Å²) in [6.07, 6.45) is 5.30. The Morgan fingerprint density at radius 3 is 2.39 bits per heavy atom. The Kier molecular flexibility index (Phi) is 4.68. The Morgan fingerprint density at radius 2 is 1.89 bits per heavy atom. The molecule has 2 saturated heterocycles. The van der Waals surface area contributed by atoms with Gasteiger partial charge in [-0.25, -0.2) is 0 Å². The predicted molar refractivity (Wildman–Crippen MR) is 73.3 cm³/mol. The summed E-state index contributed by atoms with van der Waals surface area (Å²) in [5.41, 5.74) is -0.344. The number of aliphatic hydroxyl groups is 1. The molecule has 2 rings (SSSR count). The van der Waals surface area contributed by atoms with E-state index in [1.165, 1.54) is 19.3 Å². The maximum atomic E-state index is 10.6. The molecule has 0 aliphatic carbocycles. The molecule has 0 aromatic heterocycles. The zero-order chi connectivity index (χ0) is 13.2. The van der Waals surface area contributed by atoms with Crippen LogP contribution in [-0.2, 0) is 4.74 Å². The van der Waals surface area contributed by atoms with Crippen molar-refractivity contribution in [2.24, 2.45) is 11.8 Å². The van der Waals surface area contributed by atoms with Gasteiger partial charge in [0.25, 0.3) is 0 Å². The van der Waals surface area contributed by atoms with Gasteiger partial charge in [0.2, 0.25) is 0 Å². The first kappa shape index (κ1) is 14.3. The van der Waals surface area contributed by atoms with Crippen LogP contribution in [0.2, 0.25) is 0 Å². The van der Waals surface area contributed by atoms with Crippen molar-refractivity contribution in [1.29, 1.82) is 0 Å². The molecule has 18 heavy (non-hydrogen) atoms. The van der Waals surface area contributed by atoms with E-state index in [0.29, 0.717) is 0 Å². The zero-order valence-corrected chi connectivity index (χ0v) is 12.2. The highest BCUT2D eigenvalue weighted by Gasteiger charge is 2.40. The Balaban J connectivity index is 1.88. The topological polar surface area (TPSA) is 32.7 Å². The molecule has 0 aromatic carbocycles. The number of aliphatic hydroxyl groups excluding tert-OH is 1. The number of likely N-dealkylation sites (tertiary alicyclic amines) is 1. The summed E-state index contributed by atoms with van der Waals surface area (Å²) in [6, 6.07) is 0. The van der Waals surface area contributed by atoms with Crippen LogP contribution in [0.15, 0.2) is 0 Å². The summed E-state index contributed by atoms with van der Waals surface area (Å²) in [4.78, 5) is 2.23. The summed E-state index contributed by atoms with van der Waals surface area (Å²) < 4.78 is 5.86. The molecule has 0 saturated carbocycles. The minimum absolute atomic E-state index is 0.344. The van der Waals surface area contributed by atoms with Crippen LogP contribution < -0.4 is 0 Å². The minimum atomic E-state index is -0.425. The van der Waals surface area contributed by atoms with Crippen LogP contribution >= 0.6 is 0 Å². The van der Waals surface area contributed by atoms with Gasteiger partial charge in [0.1, 0.15) is 11.8 Å². The fourth-order valence-electron chi connectivity index (χ4n) is 3.38. The molecule has 3 heteroatoms. The Labute approximate surface area is 112 Å². The SMILES string of the molecule is CC(C)C1CCN(C(O)C2(C)CCCCO2)CC1. The first-order chi connectivity index (χ1) is 8.53. The monoisotopic (exact) mass is 255 g/mol. The van der Waals surface area contributed by atoms with Crippen LogP contribution in [0.5, 0.6) is 0 Å². The van der Waals surface area contributed by atoms with Gasteiger partial charge in [-0.2, -0.15) is 0 Å². The molecule has 1 N–H and O–H groups in total. The highest BCUT2D eigenvalue weighted by molar-refractivity contribution is 4.88. The highest BCUT2D eigenvalue weighted by Crippen LogP contribution is 2.32. The molecular weight excluding hydrogens is 226 g/mol. The fraction of sp³-hybridized carbons (Fsp3) is 1.00. The van der Waals surface area contributed by atoms with Crippen molar-refractivity contribution in [2.45, 2.75) is 64.7 Å². The van der Waals surface area contributed by atoms with Crippen molar-refractivity contribution in [3.05, 3.63) is 0 Å². The number of hydrogen-bond donors (Lipinski definition) is 1. The minimum Gasteiger partial charge on any atom is -0.375 e. The quantitative estimate of drug-likeness (QED) is 0.841. The molecule has 3 nitrogen and oxygen atoms in total. The van der Waals surface area contributed by atoms with Crippen LogP contribution in [0, 0.1) is 11.8 Å². The summed E-state index contributed by atoms with van der Waals surface area (Å²) >= 11 is 0. The lowest BCUT2D eigenvalue weighted by molar-refractivity contribution is -0.192. The molecule has 2 aliphatic heterocycles. The van der Waals surface area contributed by atoms with Crippen molar-refractivity contribution in [1.82, 2.24) is 4.90 Å². The van der Waals surface area contributed by atoms with Gasteiger partial charge >= 0.3 is 0 Å². The number of hydrogen-bond acceptors (Lipinski definition) is 3. The molecular formula is C15H29NO2. The summed E-state index contributed by atoms with van der Waals surface area (Å²) in [6.45, 7) is 9.53. The second-order valence-corrected chi connectivity index (χ2v) is 6.61. The molecule has 2 atom stereocenters. The second kappa shape index (κ2) is 5.89. The van der Waals surface area contributed by atoms with E-state index < -0.39 is 6.23 Å². The van der Waals surface area contributed by atoms with E-state index in [2.05, 4.69) is 25.7 Å². The van der Waals surface area contributed by atoms with E-state index >= 15 is 0 Å². The van der Waals surface area contributed by atoms with E-state index in [1.807, 2.05) is 0 Å². The fourth-order valence-corrected chi connectivity index (χ4v) is 3.38. The molecule has 0 aromatic rings. The molecule has 0 amide bonds. The lowest BCUT2D eigenvalue weighted by Gasteiger charge is -2.45. The third-order valence-corrected chi connectivity index (χ3v) is 4.91. The average molecular weight is 255 g/mol. The van der Waals surface area contributed by atoms with Crippen LogP contribution in [0.25, 0.3) is 0 Å². The smallest absolute Gasteiger partial charge is 0.136 e. The third kappa shape index (κ3) is 3.06. The van der Waals surface area contributed by atoms with Crippen LogP contribution in [-0.4, -0.2) is 41.5 Å². The van der Waals surface area contributed by atoms with Gasteiger partial charge in [-0.05, 0) is 50.9 Å². The molecule has 0 radical (unpaired) electrons. The van der Waals surface area contributed by atoms with Gasteiger partial charge in [0.05, 0.1) is 0 Å². The Bertz CT molecular complexity index is 253. The lowest BCUT2D eigenvalue weighted by atomic mass is 9.85. The second-order valence-electron chi connectivity index (χ2n) is 6.61. The van der Waals surface area contributed by atoms with Crippen molar-refractivity contribution < 1.29 is 9.84 Å². The largest absolute Gasteiger partial charge is 0.375 e. The average Bonchev–Trinajstić information content (AvgIpc) is 2.39. The van der Waals surface area contributed by atoms with Crippen molar-refractivity contribution in [3.8, 4) is 0 Å². The standard InChI is InChI=1S/C15H29NO2/c1-12(2)13-6-9-16(10-7-13)14(17)15(3)8-4-5-11-18-15/h12-14,17H,4-11H2,1-3H3. The van der Waals surface area contributed by atoms with Crippen molar-refractivity contribution in [2.75, 3.05) is 19.7 Å². The molecule has 2 heterocycles. The summed E-state index contributed by atoms with van der Waals surface area (Å²) in [5.74, 6) is 1.60. The molecule has 2 fully saturated rings. The number of nitrogens with zero attached hydrogens (tertiary/aromatic N) is 1. The van der Waals surface area contributed by atoms with E-state index in [1.54, 1.807) is 0 Å². The number of ether oxygens (including phenoxy) is 1. The molecule has 106 valence electrons. The maximum Gasteiger partial charge on any atom is 0.136 e. The zero-order valence-electron chi connectivity index (χ0n) is 12.2. The van der Waals surface area contributed by atoms with Gasteiger partial charge < -0.3 is 9.84 Å². The Hall–Kier alpha value is -0.120. The van der Waals surface area contributed by atoms with E-state index in [-0.39, 0.29) is 5.60 Å². The van der Waals surface area contributed by atoms with Gasteiger partial charge in [0, 0.05) is 19.7 Å². The summed E-state index contributed by atoms with van der Waals surface area (Å²) in [5, 5.41) is 10.6. The van der Waals surface area contributed by atoms with Crippen molar-refractivity contribution in [3.63, 3.8) is 0 Å². The van der Waals surface area contributed by atoms with Gasteiger partial charge in [-0.1, -0.05) is 13.8 Å². The van der Waals surface area contributed by atoms with Gasteiger partial charge in [-0.15, -0.1) is 0 Å². The third-order valence-electron chi connectivity index (χ3n) is 4.91. The van der Waals surface area contributed by atoms with Crippen LogP contribution in [0.4, 0.5) is 0 Å². The van der Waals surface area contributed by atoms with E-state index in [9.17, 15) is 5.11 Å². The Morgan fingerprint density at radius 1 is 1.22 bits per heavy atom. The first-order valence-electron chi connectivity index (χ1n) is 7.59. The van der Waals surface area contributed by atoms with E-state index in [0.717, 1.165) is 44.4 Å². The van der Waals surface area contributed by atoms with Crippen LogP contribution in [0.1, 0.15) is 52.9 Å². The lowest BCUT2D eigenvalue weighted by Crippen LogP contribution is -2.56. The molecule has 2 aliphatic rings.